The van der Waals surface area contributed by atoms with E-state index in [0.29, 0.717) is 6.04 Å². The summed E-state index contributed by atoms with van der Waals surface area (Å²) >= 11 is 0. The van der Waals surface area contributed by atoms with Crippen molar-refractivity contribution in [2.45, 2.75) is 70.4 Å². The Morgan fingerprint density at radius 2 is 2.00 bits per heavy atom. The molecule has 0 bridgehead atoms. The van der Waals surface area contributed by atoms with Crippen LogP contribution in [0.15, 0.2) is 0 Å². The van der Waals surface area contributed by atoms with Crippen molar-refractivity contribution in [3.8, 4) is 0 Å². The highest BCUT2D eigenvalue weighted by molar-refractivity contribution is 4.84. The van der Waals surface area contributed by atoms with E-state index < -0.39 is 0 Å². The summed E-state index contributed by atoms with van der Waals surface area (Å²) in [6, 6.07) is 0.690. The highest BCUT2D eigenvalue weighted by Gasteiger charge is 2.29. The molecule has 0 aromatic heterocycles. The summed E-state index contributed by atoms with van der Waals surface area (Å²) in [5, 5.41) is 9.61. The van der Waals surface area contributed by atoms with E-state index in [9.17, 15) is 5.11 Å². The fourth-order valence-corrected chi connectivity index (χ4v) is 3.52. The van der Waals surface area contributed by atoms with Crippen molar-refractivity contribution in [3.05, 3.63) is 0 Å². The van der Waals surface area contributed by atoms with Gasteiger partial charge in [-0.05, 0) is 57.5 Å². The van der Waals surface area contributed by atoms with Crippen molar-refractivity contribution in [1.82, 2.24) is 4.90 Å². The highest BCUT2D eigenvalue weighted by atomic mass is 16.3. The summed E-state index contributed by atoms with van der Waals surface area (Å²) < 4.78 is 0. The van der Waals surface area contributed by atoms with Crippen LogP contribution in [0.1, 0.15) is 58.3 Å². The zero-order chi connectivity index (χ0) is 11.4. The van der Waals surface area contributed by atoms with Gasteiger partial charge in [0, 0.05) is 6.04 Å². The third kappa shape index (κ3) is 3.21. The van der Waals surface area contributed by atoms with Crippen molar-refractivity contribution in [2.24, 2.45) is 5.92 Å². The van der Waals surface area contributed by atoms with E-state index in [1.165, 1.54) is 51.6 Å². The summed E-state index contributed by atoms with van der Waals surface area (Å²) in [5.41, 5.74) is 0. The number of likely N-dealkylation sites (tertiary alicyclic amines) is 1. The van der Waals surface area contributed by atoms with Crippen LogP contribution >= 0.6 is 0 Å². The third-order valence-electron chi connectivity index (χ3n) is 4.47. The van der Waals surface area contributed by atoms with E-state index in [1.54, 1.807) is 0 Å². The number of aliphatic hydroxyl groups is 1. The Bertz CT molecular complexity index is 207. The van der Waals surface area contributed by atoms with Gasteiger partial charge in [-0.3, -0.25) is 0 Å². The zero-order valence-electron chi connectivity index (χ0n) is 10.7. The molecule has 1 aliphatic carbocycles. The molecule has 2 rings (SSSR count). The zero-order valence-corrected chi connectivity index (χ0v) is 10.7. The Morgan fingerprint density at radius 3 is 2.69 bits per heavy atom. The molecule has 0 aromatic rings. The molecule has 0 spiro atoms. The number of hydrogen-bond acceptors (Lipinski definition) is 2. The topological polar surface area (TPSA) is 23.5 Å². The van der Waals surface area contributed by atoms with Gasteiger partial charge in [-0.2, -0.15) is 0 Å². The van der Waals surface area contributed by atoms with Crippen molar-refractivity contribution < 1.29 is 5.11 Å². The van der Waals surface area contributed by atoms with Crippen molar-refractivity contribution in [2.75, 3.05) is 13.1 Å². The van der Waals surface area contributed by atoms with Gasteiger partial charge >= 0.3 is 0 Å². The second-order valence-electron chi connectivity index (χ2n) is 5.74. The molecule has 2 aliphatic rings. The van der Waals surface area contributed by atoms with Gasteiger partial charge in [0.2, 0.25) is 0 Å². The van der Waals surface area contributed by atoms with Gasteiger partial charge in [-0.25, -0.2) is 0 Å². The molecule has 94 valence electrons. The van der Waals surface area contributed by atoms with Gasteiger partial charge in [0.1, 0.15) is 0 Å². The molecule has 1 saturated heterocycles. The molecule has 2 heteroatoms. The van der Waals surface area contributed by atoms with Crippen LogP contribution in [-0.2, 0) is 0 Å². The summed E-state index contributed by atoms with van der Waals surface area (Å²) in [4.78, 5) is 2.66. The first-order chi connectivity index (χ1) is 7.79. The minimum atomic E-state index is -0.0142. The molecule has 0 aromatic carbocycles. The van der Waals surface area contributed by atoms with Crippen LogP contribution in [0.2, 0.25) is 0 Å². The van der Waals surface area contributed by atoms with E-state index in [4.69, 9.17) is 0 Å². The predicted octanol–water partition coefficient (Wildman–Crippen LogP) is 2.80. The van der Waals surface area contributed by atoms with Gasteiger partial charge in [0.25, 0.3) is 0 Å². The van der Waals surface area contributed by atoms with E-state index in [0.717, 1.165) is 18.8 Å². The molecular formula is C14H27NO. The maximum Gasteiger partial charge on any atom is 0.0555 e. The number of hydrogen-bond donors (Lipinski definition) is 1. The quantitative estimate of drug-likeness (QED) is 0.798. The standard InChI is InChI=1S/C14H27NO/c1-2-4-12-5-3-9-15(10-8-12)13-6-7-14(16)11-13/h12-14,16H,2-11H2,1H3. The molecule has 0 radical (unpaired) electrons. The average molecular weight is 225 g/mol. The first-order valence-corrected chi connectivity index (χ1v) is 7.21. The van der Waals surface area contributed by atoms with Crippen molar-refractivity contribution in [1.29, 1.82) is 0 Å². The molecule has 3 unspecified atom stereocenters. The lowest BCUT2D eigenvalue weighted by Gasteiger charge is -2.27. The van der Waals surface area contributed by atoms with Gasteiger partial charge < -0.3 is 10.0 Å². The van der Waals surface area contributed by atoms with Crippen molar-refractivity contribution >= 4 is 0 Å². The number of aliphatic hydroxyl groups excluding tert-OH is 1. The fourth-order valence-electron chi connectivity index (χ4n) is 3.52. The first kappa shape index (κ1) is 12.4. The fraction of sp³-hybridized carbons (Fsp3) is 1.00. The summed E-state index contributed by atoms with van der Waals surface area (Å²) in [7, 11) is 0. The minimum Gasteiger partial charge on any atom is -0.393 e. The average Bonchev–Trinajstić information content (AvgIpc) is 2.57. The van der Waals surface area contributed by atoms with Crippen LogP contribution in [0, 0.1) is 5.92 Å². The van der Waals surface area contributed by atoms with Crippen LogP contribution < -0.4 is 0 Å². The molecule has 0 amide bonds. The molecule has 1 N–H and O–H groups in total. The Morgan fingerprint density at radius 1 is 1.12 bits per heavy atom. The van der Waals surface area contributed by atoms with Crippen LogP contribution in [0.5, 0.6) is 0 Å². The predicted molar refractivity (Wildman–Crippen MR) is 67.5 cm³/mol. The van der Waals surface area contributed by atoms with Gasteiger partial charge in [-0.1, -0.05) is 19.8 Å². The second kappa shape index (κ2) is 6.02. The van der Waals surface area contributed by atoms with E-state index >= 15 is 0 Å². The highest BCUT2D eigenvalue weighted by Crippen LogP contribution is 2.28. The molecule has 2 nitrogen and oxygen atoms in total. The van der Waals surface area contributed by atoms with Crippen molar-refractivity contribution in [3.63, 3.8) is 0 Å². The smallest absolute Gasteiger partial charge is 0.0555 e. The molecule has 1 heterocycles. The van der Waals surface area contributed by atoms with Crippen LogP contribution in [0.3, 0.4) is 0 Å². The molecular weight excluding hydrogens is 198 g/mol. The maximum absolute atomic E-state index is 9.61. The summed E-state index contributed by atoms with van der Waals surface area (Å²) in [5.74, 6) is 0.973. The van der Waals surface area contributed by atoms with Crippen LogP contribution in [0.4, 0.5) is 0 Å². The van der Waals surface area contributed by atoms with E-state index in [-0.39, 0.29) is 6.10 Å². The lowest BCUT2D eigenvalue weighted by molar-refractivity contribution is 0.152. The monoisotopic (exact) mass is 225 g/mol. The molecule has 1 saturated carbocycles. The van der Waals surface area contributed by atoms with E-state index in [1.807, 2.05) is 0 Å². The normalized spacial score (nSPS) is 37.5. The Hall–Kier alpha value is -0.0800. The first-order valence-electron chi connectivity index (χ1n) is 7.21. The third-order valence-corrected chi connectivity index (χ3v) is 4.47. The van der Waals surface area contributed by atoms with Gasteiger partial charge in [0.05, 0.1) is 6.10 Å². The summed E-state index contributed by atoms with van der Waals surface area (Å²) in [6.07, 6.45) is 10.2. The number of rotatable bonds is 3. The Labute approximate surface area is 100 Å². The SMILES string of the molecule is CCCC1CCCN(C2CCC(O)C2)CC1. The second-order valence-corrected chi connectivity index (χ2v) is 5.74. The lowest BCUT2D eigenvalue weighted by Crippen LogP contribution is -2.34. The summed E-state index contributed by atoms with van der Waals surface area (Å²) in [6.45, 7) is 4.86. The molecule has 1 aliphatic heterocycles. The van der Waals surface area contributed by atoms with Crippen LogP contribution in [-0.4, -0.2) is 35.2 Å². The molecule has 16 heavy (non-hydrogen) atoms. The molecule has 3 atom stereocenters. The Kier molecular flexibility index (Phi) is 4.66. The largest absolute Gasteiger partial charge is 0.393 e. The van der Waals surface area contributed by atoms with E-state index in [2.05, 4.69) is 11.8 Å². The van der Waals surface area contributed by atoms with Crippen LogP contribution in [0.25, 0.3) is 0 Å². The lowest BCUT2D eigenvalue weighted by atomic mass is 9.96. The Balaban J connectivity index is 1.79. The molecule has 2 fully saturated rings. The van der Waals surface area contributed by atoms with Gasteiger partial charge in [-0.15, -0.1) is 0 Å². The van der Waals surface area contributed by atoms with Gasteiger partial charge in [0.15, 0.2) is 0 Å². The minimum absolute atomic E-state index is 0.0142. The maximum atomic E-state index is 9.61. The number of nitrogens with zero attached hydrogens (tertiary/aromatic N) is 1.